The molecule has 34 heavy (non-hydrogen) atoms. The lowest BCUT2D eigenvalue weighted by Crippen LogP contribution is -2.49. The second-order valence-corrected chi connectivity index (χ2v) is 9.50. The smallest absolute Gasteiger partial charge is 0.326 e. The minimum absolute atomic E-state index is 0.00489. The van der Waals surface area contributed by atoms with Crippen LogP contribution in [0.4, 0.5) is 0 Å². The fourth-order valence-corrected chi connectivity index (χ4v) is 4.73. The third-order valence-electron chi connectivity index (χ3n) is 5.91. The molecular formula is C24H33N5O4S. The molecule has 1 aromatic carbocycles. The van der Waals surface area contributed by atoms with E-state index in [1.165, 1.54) is 0 Å². The molecule has 0 bridgehead atoms. The van der Waals surface area contributed by atoms with Crippen LogP contribution in [-0.4, -0.2) is 86.4 Å². The maximum Gasteiger partial charge on any atom is 0.326 e. The Morgan fingerprint density at radius 2 is 2.12 bits per heavy atom. The summed E-state index contributed by atoms with van der Waals surface area (Å²) in [6, 6.07) is 8.93. The van der Waals surface area contributed by atoms with Crippen LogP contribution in [0.2, 0.25) is 0 Å². The molecule has 1 aromatic heterocycles. The van der Waals surface area contributed by atoms with Gasteiger partial charge >= 0.3 is 5.97 Å². The summed E-state index contributed by atoms with van der Waals surface area (Å²) in [6.45, 7) is 1.83. The first kappa shape index (κ1) is 25.8. The number of likely N-dealkylation sites (tertiary alicyclic amines) is 1. The Morgan fingerprint density at radius 3 is 2.79 bits per heavy atom. The second kappa shape index (κ2) is 13.1. The van der Waals surface area contributed by atoms with Gasteiger partial charge in [0, 0.05) is 31.9 Å². The highest BCUT2D eigenvalue weighted by Gasteiger charge is 2.31. The maximum atomic E-state index is 12.9. The number of carboxylic acids is 1. The summed E-state index contributed by atoms with van der Waals surface area (Å²) in [5.74, 6) is -0.665. The summed E-state index contributed by atoms with van der Waals surface area (Å²) in [5, 5.41) is 12.1. The van der Waals surface area contributed by atoms with Crippen molar-refractivity contribution in [3.63, 3.8) is 0 Å². The topological polar surface area (TPSA) is 119 Å². The second-order valence-electron chi connectivity index (χ2n) is 8.52. The largest absolute Gasteiger partial charge is 0.480 e. The van der Waals surface area contributed by atoms with Crippen LogP contribution in [0, 0.1) is 0 Å². The van der Waals surface area contributed by atoms with Crippen molar-refractivity contribution in [1.82, 2.24) is 25.1 Å². The van der Waals surface area contributed by atoms with Crippen molar-refractivity contribution in [2.75, 3.05) is 31.6 Å². The molecule has 10 heteroatoms. The lowest BCUT2D eigenvalue weighted by atomic mass is 10.1. The number of carboxylic acid groups (broad SMARTS) is 1. The van der Waals surface area contributed by atoms with E-state index in [1.54, 1.807) is 24.3 Å². The predicted molar refractivity (Wildman–Crippen MR) is 131 cm³/mol. The van der Waals surface area contributed by atoms with E-state index in [1.807, 2.05) is 46.4 Å². The Labute approximate surface area is 204 Å². The SMILES string of the molecule is CSCCC(NC(=O)CN(Cc1ccccc1)C[C@@H]1CCCN1C(=O)Cc1c[nH]cn1)C(=O)O. The van der Waals surface area contributed by atoms with Crippen molar-refractivity contribution in [3.8, 4) is 0 Å². The number of nitrogens with zero attached hydrogens (tertiary/aromatic N) is 3. The van der Waals surface area contributed by atoms with Crippen LogP contribution in [-0.2, 0) is 27.3 Å². The third-order valence-corrected chi connectivity index (χ3v) is 6.56. The zero-order valence-electron chi connectivity index (χ0n) is 19.5. The highest BCUT2D eigenvalue weighted by atomic mass is 32.2. The van der Waals surface area contributed by atoms with Crippen LogP contribution in [0.5, 0.6) is 0 Å². The average molecular weight is 488 g/mol. The molecule has 184 valence electrons. The number of aromatic nitrogens is 2. The number of rotatable bonds is 13. The van der Waals surface area contributed by atoms with Crippen molar-refractivity contribution in [2.24, 2.45) is 0 Å². The monoisotopic (exact) mass is 487 g/mol. The van der Waals surface area contributed by atoms with Gasteiger partial charge in [0.2, 0.25) is 11.8 Å². The van der Waals surface area contributed by atoms with Crippen LogP contribution < -0.4 is 5.32 Å². The number of aliphatic carboxylic acids is 1. The lowest BCUT2D eigenvalue weighted by molar-refractivity contribution is -0.142. The molecule has 2 aromatic rings. The Kier molecular flexibility index (Phi) is 9.96. The number of hydrogen-bond acceptors (Lipinski definition) is 6. The number of H-pyrrole nitrogens is 1. The molecule has 1 fully saturated rings. The fourth-order valence-electron chi connectivity index (χ4n) is 4.26. The van der Waals surface area contributed by atoms with Crippen molar-refractivity contribution in [2.45, 2.75) is 44.3 Å². The van der Waals surface area contributed by atoms with Gasteiger partial charge in [-0.3, -0.25) is 14.5 Å². The van der Waals surface area contributed by atoms with E-state index in [0.29, 0.717) is 37.5 Å². The van der Waals surface area contributed by atoms with E-state index in [-0.39, 0.29) is 30.8 Å². The van der Waals surface area contributed by atoms with Gasteiger partial charge in [0.25, 0.3) is 0 Å². The molecule has 2 heterocycles. The van der Waals surface area contributed by atoms with Gasteiger partial charge in [0.05, 0.1) is 25.0 Å². The van der Waals surface area contributed by atoms with Crippen molar-refractivity contribution in [3.05, 3.63) is 54.1 Å². The number of carbonyl (C=O) groups excluding carboxylic acids is 2. The summed E-state index contributed by atoms with van der Waals surface area (Å²) in [7, 11) is 0. The third kappa shape index (κ3) is 7.88. The quantitative estimate of drug-likeness (QED) is 0.394. The van der Waals surface area contributed by atoms with Crippen molar-refractivity contribution < 1.29 is 19.5 Å². The number of benzene rings is 1. The first-order chi connectivity index (χ1) is 16.5. The number of aromatic amines is 1. The highest BCUT2D eigenvalue weighted by Crippen LogP contribution is 2.20. The zero-order chi connectivity index (χ0) is 24.3. The summed E-state index contributed by atoms with van der Waals surface area (Å²) < 4.78 is 0. The molecule has 1 saturated heterocycles. The molecule has 0 radical (unpaired) electrons. The molecule has 1 unspecified atom stereocenters. The van der Waals surface area contributed by atoms with E-state index in [2.05, 4.69) is 15.3 Å². The van der Waals surface area contributed by atoms with Gasteiger partial charge in [-0.1, -0.05) is 30.3 Å². The molecule has 9 nitrogen and oxygen atoms in total. The number of imidazole rings is 1. The first-order valence-corrected chi connectivity index (χ1v) is 12.9. The summed E-state index contributed by atoms with van der Waals surface area (Å²) in [4.78, 5) is 48.2. The van der Waals surface area contributed by atoms with E-state index in [9.17, 15) is 19.5 Å². The molecule has 0 spiro atoms. The van der Waals surface area contributed by atoms with Crippen LogP contribution in [0.15, 0.2) is 42.9 Å². The number of carbonyl (C=O) groups is 3. The van der Waals surface area contributed by atoms with Gasteiger partial charge in [-0.05, 0) is 36.8 Å². The lowest BCUT2D eigenvalue weighted by Gasteiger charge is -2.31. The Hall–Kier alpha value is -2.85. The highest BCUT2D eigenvalue weighted by molar-refractivity contribution is 7.98. The van der Waals surface area contributed by atoms with E-state index >= 15 is 0 Å². The molecule has 3 rings (SSSR count). The van der Waals surface area contributed by atoms with Crippen molar-refractivity contribution in [1.29, 1.82) is 0 Å². The zero-order valence-corrected chi connectivity index (χ0v) is 20.3. The first-order valence-electron chi connectivity index (χ1n) is 11.5. The Bertz CT molecular complexity index is 925. The van der Waals surface area contributed by atoms with Gasteiger partial charge in [-0.2, -0.15) is 11.8 Å². The molecule has 0 saturated carbocycles. The minimum atomic E-state index is -1.03. The molecule has 1 aliphatic rings. The summed E-state index contributed by atoms with van der Waals surface area (Å²) >= 11 is 1.55. The molecular weight excluding hydrogens is 454 g/mol. The maximum absolute atomic E-state index is 12.9. The summed E-state index contributed by atoms with van der Waals surface area (Å²) in [6.07, 6.45) is 7.60. The number of hydrogen-bond donors (Lipinski definition) is 3. The Balaban J connectivity index is 1.66. The average Bonchev–Trinajstić information content (AvgIpc) is 3.49. The molecule has 2 atom stereocenters. The van der Waals surface area contributed by atoms with Gasteiger partial charge in [-0.25, -0.2) is 9.78 Å². The van der Waals surface area contributed by atoms with Crippen LogP contribution in [0.1, 0.15) is 30.5 Å². The fraction of sp³-hybridized carbons (Fsp3) is 0.500. The van der Waals surface area contributed by atoms with Gasteiger partial charge in [0.15, 0.2) is 0 Å². The van der Waals surface area contributed by atoms with Crippen molar-refractivity contribution >= 4 is 29.5 Å². The van der Waals surface area contributed by atoms with Crippen LogP contribution >= 0.6 is 11.8 Å². The standard InChI is InChI=1S/C24H33N5O4S/c1-34-11-9-21(24(32)33)27-22(30)16-28(14-18-6-3-2-4-7-18)15-20-8-5-10-29(20)23(31)12-19-13-25-17-26-19/h2-4,6-7,13,17,20-21H,5,8-12,14-16H2,1H3,(H,25,26)(H,27,30)(H,32,33)/t20-,21?/m0/s1. The van der Waals surface area contributed by atoms with E-state index in [0.717, 1.165) is 18.4 Å². The molecule has 1 aliphatic heterocycles. The number of amides is 2. The van der Waals surface area contributed by atoms with E-state index in [4.69, 9.17) is 0 Å². The normalized spacial score (nSPS) is 16.5. The molecule has 2 amide bonds. The van der Waals surface area contributed by atoms with Crippen LogP contribution in [0.3, 0.4) is 0 Å². The number of thioether (sulfide) groups is 1. The van der Waals surface area contributed by atoms with Gasteiger partial charge in [0.1, 0.15) is 6.04 Å². The number of nitrogens with one attached hydrogen (secondary N) is 2. The van der Waals surface area contributed by atoms with E-state index < -0.39 is 12.0 Å². The Morgan fingerprint density at radius 1 is 1.32 bits per heavy atom. The minimum Gasteiger partial charge on any atom is -0.480 e. The van der Waals surface area contributed by atoms with Gasteiger partial charge in [-0.15, -0.1) is 0 Å². The predicted octanol–water partition coefficient (Wildman–Crippen LogP) is 1.77. The molecule has 3 N–H and O–H groups in total. The van der Waals surface area contributed by atoms with Crippen LogP contribution in [0.25, 0.3) is 0 Å². The molecule has 0 aliphatic carbocycles. The van der Waals surface area contributed by atoms with Gasteiger partial charge < -0.3 is 20.3 Å². The summed E-state index contributed by atoms with van der Waals surface area (Å²) in [5.41, 5.74) is 1.76.